The number of phenols is 1. The topological polar surface area (TPSA) is 66.8 Å². The molecule has 1 saturated heterocycles. The number of ether oxygens (including phenoxy) is 1. The molecule has 0 radical (unpaired) electrons. The van der Waals surface area contributed by atoms with Crippen LogP contribution >= 0.6 is 46.0 Å². The fourth-order valence-electron chi connectivity index (χ4n) is 2.53. The summed E-state index contributed by atoms with van der Waals surface area (Å²) >= 11 is 9.01. The normalized spacial score (nSPS) is 15.7. The fourth-order valence-corrected chi connectivity index (χ4v) is 4.19. The molecule has 1 fully saturated rings. The molecule has 140 valence electrons. The van der Waals surface area contributed by atoms with E-state index in [1.165, 1.54) is 4.90 Å². The van der Waals surface area contributed by atoms with Crippen molar-refractivity contribution in [3.63, 3.8) is 0 Å². The second-order valence-corrected chi connectivity index (χ2v) is 8.20. The minimum atomic E-state index is -0.369. The number of hydrogen-bond donors (Lipinski definition) is 1. The third kappa shape index (κ3) is 4.41. The van der Waals surface area contributed by atoms with Crippen LogP contribution in [0.1, 0.15) is 18.1 Å². The van der Waals surface area contributed by atoms with Crippen molar-refractivity contribution in [2.45, 2.75) is 13.5 Å². The Labute approximate surface area is 179 Å². The van der Waals surface area contributed by atoms with Crippen LogP contribution in [-0.2, 0) is 11.3 Å². The second kappa shape index (κ2) is 8.53. The van der Waals surface area contributed by atoms with Crippen LogP contribution in [0, 0.1) is 3.57 Å². The van der Waals surface area contributed by atoms with Gasteiger partial charge in [-0.3, -0.25) is 14.5 Å². The minimum absolute atomic E-state index is 0.0569. The second-order valence-electron chi connectivity index (χ2n) is 5.64. The van der Waals surface area contributed by atoms with Crippen molar-refractivity contribution in [3.05, 3.63) is 61.0 Å². The number of carbonyl (C=O) groups is 2. The highest BCUT2D eigenvalue weighted by Crippen LogP contribution is 2.37. The van der Waals surface area contributed by atoms with Crippen LogP contribution < -0.4 is 4.74 Å². The molecule has 3 rings (SSSR count). The summed E-state index contributed by atoms with van der Waals surface area (Å²) in [5.41, 5.74) is 1.38. The van der Waals surface area contributed by atoms with Crippen molar-refractivity contribution in [2.75, 3.05) is 6.61 Å². The molecule has 0 atom stereocenters. The van der Waals surface area contributed by atoms with E-state index in [0.29, 0.717) is 37.0 Å². The molecule has 0 unspecified atom stereocenters. The smallest absolute Gasteiger partial charge is 0.293 e. The molecule has 2 amide bonds. The van der Waals surface area contributed by atoms with Crippen molar-refractivity contribution < 1.29 is 19.4 Å². The van der Waals surface area contributed by atoms with Crippen LogP contribution in [-0.4, -0.2) is 27.8 Å². The predicted molar refractivity (Wildman–Crippen MR) is 115 cm³/mol. The van der Waals surface area contributed by atoms with Gasteiger partial charge in [0, 0.05) is 5.02 Å². The van der Waals surface area contributed by atoms with Gasteiger partial charge in [-0.05, 0) is 76.7 Å². The van der Waals surface area contributed by atoms with Crippen molar-refractivity contribution in [2.24, 2.45) is 0 Å². The van der Waals surface area contributed by atoms with Crippen molar-refractivity contribution in [3.8, 4) is 11.5 Å². The zero-order chi connectivity index (χ0) is 19.6. The van der Waals surface area contributed by atoms with Crippen molar-refractivity contribution in [1.82, 2.24) is 4.90 Å². The van der Waals surface area contributed by atoms with Gasteiger partial charge in [-0.2, -0.15) is 0 Å². The van der Waals surface area contributed by atoms with Gasteiger partial charge in [-0.15, -0.1) is 0 Å². The van der Waals surface area contributed by atoms with Gasteiger partial charge < -0.3 is 9.84 Å². The first-order chi connectivity index (χ1) is 12.9. The van der Waals surface area contributed by atoms with E-state index in [9.17, 15) is 14.7 Å². The average Bonchev–Trinajstić information content (AvgIpc) is 2.88. The molecule has 27 heavy (non-hydrogen) atoms. The molecule has 1 heterocycles. The standard InChI is InChI=1S/C19H15ClINO4S/c1-2-26-15-8-11(7-14(21)17(15)23)9-16-18(24)22(19(25)27-16)10-12-5-3-4-6-13(12)20/h3-9,23H,2,10H2,1H3/b16-9+. The minimum Gasteiger partial charge on any atom is -0.504 e. The summed E-state index contributed by atoms with van der Waals surface area (Å²) < 4.78 is 6.01. The van der Waals surface area contributed by atoms with E-state index in [0.717, 1.165) is 11.8 Å². The van der Waals surface area contributed by atoms with Gasteiger partial charge in [-0.25, -0.2) is 0 Å². The highest BCUT2D eigenvalue weighted by atomic mass is 127. The summed E-state index contributed by atoms with van der Waals surface area (Å²) in [5, 5.41) is 10.2. The van der Waals surface area contributed by atoms with Gasteiger partial charge >= 0.3 is 0 Å². The third-order valence-corrected chi connectivity index (χ3v) is 5.91. The van der Waals surface area contributed by atoms with Gasteiger partial charge in [-0.1, -0.05) is 29.8 Å². The van der Waals surface area contributed by atoms with E-state index in [1.54, 1.807) is 36.4 Å². The maximum absolute atomic E-state index is 12.7. The number of phenolic OH excluding ortho intramolecular Hbond substituents is 1. The number of aromatic hydroxyl groups is 1. The largest absolute Gasteiger partial charge is 0.504 e. The van der Waals surface area contributed by atoms with Crippen molar-refractivity contribution in [1.29, 1.82) is 0 Å². The number of hydrogen-bond acceptors (Lipinski definition) is 5. The monoisotopic (exact) mass is 515 g/mol. The molecule has 0 bridgehead atoms. The summed E-state index contributed by atoms with van der Waals surface area (Å²) in [5.74, 6) is 0.0262. The molecular weight excluding hydrogens is 501 g/mol. The molecule has 0 saturated carbocycles. The first-order valence-electron chi connectivity index (χ1n) is 8.04. The molecule has 2 aromatic rings. The molecule has 5 nitrogen and oxygen atoms in total. The zero-order valence-electron chi connectivity index (χ0n) is 14.2. The lowest BCUT2D eigenvalue weighted by Crippen LogP contribution is -2.27. The van der Waals surface area contributed by atoms with E-state index >= 15 is 0 Å². The summed E-state index contributed by atoms with van der Waals surface area (Å²) in [4.78, 5) is 26.5. The highest BCUT2D eigenvalue weighted by Gasteiger charge is 2.35. The molecule has 1 aliphatic rings. The van der Waals surface area contributed by atoms with Gasteiger partial charge in [0.15, 0.2) is 11.5 Å². The van der Waals surface area contributed by atoms with Crippen LogP contribution in [0.4, 0.5) is 4.79 Å². The van der Waals surface area contributed by atoms with Crippen molar-refractivity contribution >= 4 is 63.2 Å². The van der Waals surface area contributed by atoms with E-state index in [2.05, 4.69) is 0 Å². The Morgan fingerprint density at radius 2 is 2.04 bits per heavy atom. The molecule has 1 aliphatic heterocycles. The summed E-state index contributed by atoms with van der Waals surface area (Å²) in [6, 6.07) is 10.5. The van der Waals surface area contributed by atoms with Crippen LogP contribution in [0.2, 0.25) is 5.02 Å². The number of benzene rings is 2. The fraction of sp³-hybridized carbons (Fsp3) is 0.158. The molecule has 2 aromatic carbocycles. The number of nitrogens with zero attached hydrogens (tertiary/aromatic N) is 1. The third-order valence-electron chi connectivity index (χ3n) is 3.81. The Hall–Kier alpha value is -1.71. The first kappa shape index (κ1) is 20.0. The predicted octanol–water partition coefficient (Wildman–Crippen LogP) is 5.29. The van der Waals surface area contributed by atoms with Gasteiger partial charge in [0.25, 0.3) is 11.1 Å². The van der Waals surface area contributed by atoms with Crippen LogP contribution in [0.3, 0.4) is 0 Å². The maximum atomic E-state index is 12.7. The molecule has 8 heteroatoms. The molecule has 0 aromatic heterocycles. The Kier molecular flexibility index (Phi) is 6.33. The number of imide groups is 1. The number of halogens is 2. The lowest BCUT2D eigenvalue weighted by Gasteiger charge is -2.13. The van der Waals surface area contributed by atoms with E-state index in [4.69, 9.17) is 16.3 Å². The lowest BCUT2D eigenvalue weighted by molar-refractivity contribution is -0.123. The van der Waals surface area contributed by atoms with Crippen LogP contribution in [0.15, 0.2) is 41.3 Å². The highest BCUT2D eigenvalue weighted by molar-refractivity contribution is 14.1. The number of amides is 2. The zero-order valence-corrected chi connectivity index (χ0v) is 18.0. The quantitative estimate of drug-likeness (QED) is 0.433. The average molecular weight is 516 g/mol. The SMILES string of the molecule is CCOc1cc(/C=C2/SC(=O)N(Cc3ccccc3Cl)C2=O)cc(I)c1O. The number of thioether (sulfide) groups is 1. The number of rotatable bonds is 5. The van der Waals surface area contributed by atoms with Gasteiger partial charge in [0.2, 0.25) is 0 Å². The molecule has 0 aliphatic carbocycles. The Morgan fingerprint density at radius 3 is 2.74 bits per heavy atom. The maximum Gasteiger partial charge on any atom is 0.293 e. The lowest BCUT2D eigenvalue weighted by atomic mass is 10.1. The summed E-state index contributed by atoms with van der Waals surface area (Å²) in [6.45, 7) is 2.35. The van der Waals surface area contributed by atoms with E-state index in [-0.39, 0.29) is 23.4 Å². The van der Waals surface area contributed by atoms with Crippen LogP contribution in [0.25, 0.3) is 6.08 Å². The van der Waals surface area contributed by atoms with Gasteiger partial charge in [0.05, 0.1) is 21.6 Å². The summed E-state index contributed by atoms with van der Waals surface area (Å²) in [6.07, 6.45) is 1.63. The van der Waals surface area contributed by atoms with Gasteiger partial charge in [0.1, 0.15) is 0 Å². The molecule has 1 N–H and O–H groups in total. The Balaban J connectivity index is 1.87. The molecule has 0 spiro atoms. The number of carbonyl (C=O) groups excluding carboxylic acids is 2. The van der Waals surface area contributed by atoms with Crippen LogP contribution in [0.5, 0.6) is 11.5 Å². The van der Waals surface area contributed by atoms with E-state index < -0.39 is 0 Å². The Bertz CT molecular complexity index is 947. The first-order valence-corrected chi connectivity index (χ1v) is 10.3. The summed E-state index contributed by atoms with van der Waals surface area (Å²) in [7, 11) is 0. The Morgan fingerprint density at radius 1 is 1.30 bits per heavy atom. The van der Waals surface area contributed by atoms with E-state index in [1.807, 2.05) is 35.6 Å². The molecular formula is C19H15ClINO4S.